The Morgan fingerprint density at radius 3 is 2.47 bits per heavy atom. The second kappa shape index (κ2) is 8.93. The summed E-state index contributed by atoms with van der Waals surface area (Å²) in [5.41, 5.74) is 0.269. The van der Waals surface area contributed by atoms with Crippen LogP contribution in [0.2, 0.25) is 0 Å². The van der Waals surface area contributed by atoms with Gasteiger partial charge in [-0.1, -0.05) is 6.07 Å². The molecule has 0 unspecified atom stereocenters. The lowest BCUT2D eigenvalue weighted by molar-refractivity contribution is -0.119. The third kappa shape index (κ3) is 5.21. The summed E-state index contributed by atoms with van der Waals surface area (Å²) in [6.07, 6.45) is -2.55. The summed E-state index contributed by atoms with van der Waals surface area (Å²) >= 11 is 1.50. The Bertz CT molecular complexity index is 1600. The van der Waals surface area contributed by atoms with Gasteiger partial charge in [0, 0.05) is 30.1 Å². The highest BCUT2D eigenvalue weighted by atomic mass is 32.2. The average molecular weight is 571 g/mol. The van der Waals surface area contributed by atoms with Gasteiger partial charge in [-0.15, -0.1) is 11.8 Å². The molecule has 0 bridgehead atoms. The molecule has 1 amide bonds. The van der Waals surface area contributed by atoms with E-state index in [-0.39, 0.29) is 38.8 Å². The van der Waals surface area contributed by atoms with Gasteiger partial charge in [0.05, 0.1) is 26.9 Å². The maximum absolute atomic E-state index is 13.4. The number of nitrogens with zero attached hydrogens (tertiary/aromatic N) is 3. The number of aromatic amines is 1. The molecule has 1 saturated carbocycles. The van der Waals surface area contributed by atoms with Gasteiger partial charge in [-0.05, 0) is 26.0 Å². The monoisotopic (exact) mass is 570 g/mol. The number of sulfone groups is 1. The van der Waals surface area contributed by atoms with Gasteiger partial charge in [0.25, 0.3) is 12.3 Å². The molecule has 2 aromatic heterocycles. The number of pyridine rings is 1. The van der Waals surface area contributed by atoms with Crippen molar-refractivity contribution in [2.24, 2.45) is 10.9 Å². The summed E-state index contributed by atoms with van der Waals surface area (Å²) in [5, 5.41) is 5.86. The number of alkyl halides is 4. The van der Waals surface area contributed by atoms with E-state index in [9.17, 15) is 30.8 Å². The van der Waals surface area contributed by atoms with E-state index in [1.807, 2.05) is 13.8 Å². The van der Waals surface area contributed by atoms with Gasteiger partial charge in [0.15, 0.2) is 21.3 Å². The Morgan fingerprint density at radius 2 is 1.89 bits per heavy atom. The average Bonchev–Trinajstić information content (AvgIpc) is 3.11. The number of amides is 1. The highest BCUT2D eigenvalue weighted by molar-refractivity contribution is 8.14. The van der Waals surface area contributed by atoms with Gasteiger partial charge in [0.2, 0.25) is 5.91 Å². The standard InChI is InChI=1S/C23H22F4N6O3S2/c1-22(2)9-37-21(33-22)10-4-5-12(14(6-10)38(3,35)36)28-13-7-15(30-20(34)11-8-23(11,26)27)29-18-16(13)31-19(32-18)17(24)25/h4-7,11,17H,8-9H2,1-3H3,(H3,28,29,30,31,32,34)/t11-/m1/s1. The lowest BCUT2D eigenvalue weighted by Gasteiger charge is -2.14. The van der Waals surface area contributed by atoms with Crippen molar-refractivity contribution in [3.05, 3.63) is 35.7 Å². The minimum atomic E-state index is -3.78. The van der Waals surface area contributed by atoms with Crippen LogP contribution in [0, 0.1) is 5.92 Å². The number of rotatable bonds is 7. The van der Waals surface area contributed by atoms with E-state index in [0.29, 0.717) is 10.6 Å². The van der Waals surface area contributed by atoms with Crippen LogP contribution in [-0.4, -0.2) is 57.8 Å². The molecule has 3 aromatic rings. The number of nitrogens with one attached hydrogen (secondary N) is 3. The molecule has 1 aliphatic carbocycles. The fourth-order valence-corrected chi connectivity index (χ4v) is 5.95. The van der Waals surface area contributed by atoms with E-state index in [2.05, 4.69) is 30.6 Å². The molecule has 0 saturated heterocycles. The molecule has 0 spiro atoms. The zero-order valence-electron chi connectivity index (χ0n) is 20.3. The van der Waals surface area contributed by atoms with Crippen LogP contribution < -0.4 is 10.6 Å². The molecule has 1 fully saturated rings. The van der Waals surface area contributed by atoms with E-state index < -0.39 is 46.3 Å². The SMILES string of the molecule is CC1(C)CSC(c2ccc(Nc3cc(NC(=O)[C@H]4CC4(F)F)nc4nc(C(F)F)[nH]c34)c(S(C)(=O)=O)c2)=N1. The Kier molecular flexibility index (Phi) is 6.21. The third-order valence-electron chi connectivity index (χ3n) is 5.94. The minimum Gasteiger partial charge on any atom is -0.353 e. The number of fused-ring (bicyclic) bond motifs is 1. The maximum atomic E-state index is 13.4. The van der Waals surface area contributed by atoms with Crippen molar-refractivity contribution in [3.63, 3.8) is 0 Å². The maximum Gasteiger partial charge on any atom is 0.295 e. The van der Waals surface area contributed by atoms with Gasteiger partial charge in [-0.2, -0.15) is 0 Å². The Balaban J connectivity index is 1.56. The molecule has 15 heteroatoms. The summed E-state index contributed by atoms with van der Waals surface area (Å²) in [7, 11) is -3.78. The van der Waals surface area contributed by atoms with Crippen LogP contribution in [0.4, 0.5) is 34.8 Å². The molecule has 3 heterocycles. The normalized spacial score (nSPS) is 20.0. The number of aromatic nitrogens is 3. The number of thioether (sulfide) groups is 1. The Labute approximate surface area is 218 Å². The number of hydrogen-bond acceptors (Lipinski definition) is 8. The lowest BCUT2D eigenvalue weighted by atomic mass is 10.1. The molecule has 38 heavy (non-hydrogen) atoms. The first kappa shape index (κ1) is 26.4. The molecule has 1 aliphatic heterocycles. The number of aliphatic imine (C=N–C) groups is 1. The number of carbonyl (C=O) groups is 1. The Hall–Kier alpha value is -3.20. The van der Waals surface area contributed by atoms with E-state index in [0.717, 1.165) is 12.0 Å². The van der Waals surface area contributed by atoms with Crippen molar-refractivity contribution in [2.45, 2.75) is 43.1 Å². The van der Waals surface area contributed by atoms with Crippen molar-refractivity contribution in [3.8, 4) is 0 Å². The van der Waals surface area contributed by atoms with Crippen LogP contribution in [0.25, 0.3) is 11.2 Å². The van der Waals surface area contributed by atoms with Crippen molar-refractivity contribution < 1.29 is 30.8 Å². The van der Waals surface area contributed by atoms with Crippen LogP contribution in [-0.2, 0) is 14.6 Å². The number of halogens is 4. The van der Waals surface area contributed by atoms with E-state index in [4.69, 9.17) is 0 Å². The van der Waals surface area contributed by atoms with Gasteiger partial charge < -0.3 is 15.6 Å². The number of imidazole rings is 1. The zero-order valence-corrected chi connectivity index (χ0v) is 21.9. The van der Waals surface area contributed by atoms with Gasteiger partial charge in [-0.25, -0.2) is 35.9 Å². The molecule has 1 aromatic carbocycles. The summed E-state index contributed by atoms with van der Waals surface area (Å²) in [6.45, 7) is 3.93. The molecule has 1 atom stereocenters. The second-order valence-electron chi connectivity index (χ2n) is 9.81. The van der Waals surface area contributed by atoms with Crippen molar-refractivity contribution in [2.75, 3.05) is 22.6 Å². The number of hydrogen-bond donors (Lipinski definition) is 3. The molecule has 2 aliphatic rings. The molecule has 9 nitrogen and oxygen atoms in total. The van der Waals surface area contributed by atoms with Crippen molar-refractivity contribution in [1.29, 1.82) is 0 Å². The van der Waals surface area contributed by atoms with Crippen molar-refractivity contribution >= 4 is 60.9 Å². The van der Waals surface area contributed by atoms with Crippen LogP contribution in [0.3, 0.4) is 0 Å². The first-order valence-corrected chi connectivity index (χ1v) is 14.2. The van der Waals surface area contributed by atoms with E-state index in [1.165, 1.54) is 30.0 Å². The molecule has 3 N–H and O–H groups in total. The second-order valence-corrected chi connectivity index (χ2v) is 12.8. The Morgan fingerprint density at radius 1 is 1.18 bits per heavy atom. The fourth-order valence-electron chi connectivity index (χ4n) is 3.93. The quantitative estimate of drug-likeness (QED) is 0.344. The molecule has 202 valence electrons. The van der Waals surface area contributed by atoms with Crippen LogP contribution in [0.15, 0.2) is 34.2 Å². The van der Waals surface area contributed by atoms with Gasteiger partial charge in [-0.3, -0.25) is 9.79 Å². The largest absolute Gasteiger partial charge is 0.353 e. The predicted octanol–water partition coefficient (Wildman–Crippen LogP) is 4.91. The summed E-state index contributed by atoms with van der Waals surface area (Å²) in [4.78, 5) is 26.9. The summed E-state index contributed by atoms with van der Waals surface area (Å²) in [6, 6.07) is 5.89. The first-order chi connectivity index (χ1) is 17.6. The fraction of sp³-hybridized carbons (Fsp3) is 0.391. The predicted molar refractivity (Wildman–Crippen MR) is 136 cm³/mol. The molecular weight excluding hydrogens is 548 g/mol. The molecular formula is C23H22F4N6O3S2. The summed E-state index contributed by atoms with van der Waals surface area (Å²) < 4.78 is 78.8. The highest BCUT2D eigenvalue weighted by Gasteiger charge is 2.61. The number of H-pyrrole nitrogens is 1. The van der Waals surface area contributed by atoms with Crippen LogP contribution in [0.1, 0.15) is 38.1 Å². The number of benzene rings is 1. The lowest BCUT2D eigenvalue weighted by Crippen LogP contribution is -2.18. The van der Waals surface area contributed by atoms with Crippen molar-refractivity contribution in [1.82, 2.24) is 15.0 Å². The smallest absolute Gasteiger partial charge is 0.295 e. The minimum absolute atomic E-state index is 0.0102. The third-order valence-corrected chi connectivity index (χ3v) is 8.53. The van der Waals surface area contributed by atoms with E-state index in [1.54, 1.807) is 6.07 Å². The number of anilines is 3. The van der Waals surface area contributed by atoms with Gasteiger partial charge in [0.1, 0.15) is 17.3 Å². The van der Waals surface area contributed by atoms with Crippen LogP contribution >= 0.6 is 11.8 Å². The zero-order chi connectivity index (χ0) is 27.6. The van der Waals surface area contributed by atoms with Gasteiger partial charge >= 0.3 is 0 Å². The molecule has 5 rings (SSSR count). The first-order valence-electron chi connectivity index (χ1n) is 11.3. The van der Waals surface area contributed by atoms with E-state index >= 15 is 0 Å². The number of carbonyl (C=O) groups excluding carboxylic acids is 1. The topological polar surface area (TPSA) is 129 Å². The van der Waals surface area contributed by atoms with Crippen LogP contribution in [0.5, 0.6) is 0 Å². The summed E-state index contributed by atoms with van der Waals surface area (Å²) in [5.74, 6) is -5.79. The molecule has 0 radical (unpaired) electrons. The highest BCUT2D eigenvalue weighted by Crippen LogP contribution is 2.49.